The molecule has 1 aromatic carbocycles. The lowest BCUT2D eigenvalue weighted by molar-refractivity contribution is -0.120. The average Bonchev–Trinajstić information content (AvgIpc) is 2.95. The zero-order valence-electron chi connectivity index (χ0n) is 15.7. The van der Waals surface area contributed by atoms with Crippen LogP contribution in [0.4, 0.5) is 5.82 Å². The predicted molar refractivity (Wildman–Crippen MR) is 100 cm³/mol. The second kappa shape index (κ2) is 7.69. The van der Waals surface area contributed by atoms with E-state index in [4.69, 9.17) is 15.2 Å². The van der Waals surface area contributed by atoms with Crippen molar-refractivity contribution in [1.82, 2.24) is 9.78 Å². The molecule has 0 bridgehead atoms. The maximum absolute atomic E-state index is 12.3. The molecule has 8 heteroatoms. The maximum atomic E-state index is 12.3. The molecule has 2 aromatic rings. The number of carbonyl (C=O) groups is 2. The minimum Gasteiger partial charge on any atom is -0.493 e. The molecule has 2 heterocycles. The summed E-state index contributed by atoms with van der Waals surface area (Å²) in [6.07, 6.45) is 1.25. The molecule has 0 spiro atoms. The van der Waals surface area contributed by atoms with Gasteiger partial charge in [0.1, 0.15) is 5.82 Å². The molecule has 3 N–H and O–H groups in total. The first-order valence-corrected chi connectivity index (χ1v) is 8.90. The highest BCUT2D eigenvalue weighted by atomic mass is 16.5. The van der Waals surface area contributed by atoms with Gasteiger partial charge in [0, 0.05) is 24.4 Å². The minimum absolute atomic E-state index is 0.0437. The molecule has 1 aliphatic rings. The van der Waals surface area contributed by atoms with E-state index in [-0.39, 0.29) is 18.4 Å². The number of carbonyl (C=O) groups excluding carboxylic acids is 2. The van der Waals surface area contributed by atoms with Crippen LogP contribution in [0.3, 0.4) is 0 Å². The fourth-order valence-electron chi connectivity index (χ4n) is 3.44. The second-order valence-corrected chi connectivity index (χ2v) is 6.54. The zero-order chi connectivity index (χ0) is 19.6. The Kier molecular flexibility index (Phi) is 5.34. The SMILES string of the molecule is CCCn1nc(C)c2c1NC(=O)CC2c1ccc(OCC(N)=O)c(OC)c1. The van der Waals surface area contributed by atoms with E-state index < -0.39 is 5.91 Å². The van der Waals surface area contributed by atoms with Crippen molar-refractivity contribution in [3.63, 3.8) is 0 Å². The molecule has 1 aliphatic heterocycles. The number of nitrogens with zero attached hydrogens (tertiary/aromatic N) is 2. The Hall–Kier alpha value is -3.03. The number of aryl methyl sites for hydroxylation is 2. The normalized spacial score (nSPS) is 15.8. The van der Waals surface area contributed by atoms with Gasteiger partial charge in [0.15, 0.2) is 18.1 Å². The van der Waals surface area contributed by atoms with Gasteiger partial charge in [-0.25, -0.2) is 4.68 Å². The van der Waals surface area contributed by atoms with Crippen LogP contribution in [0.15, 0.2) is 18.2 Å². The number of ether oxygens (including phenoxy) is 2. The number of amides is 2. The molecule has 8 nitrogen and oxygen atoms in total. The third-order valence-corrected chi connectivity index (χ3v) is 4.56. The van der Waals surface area contributed by atoms with Crippen LogP contribution in [-0.4, -0.2) is 35.3 Å². The van der Waals surface area contributed by atoms with E-state index >= 15 is 0 Å². The minimum atomic E-state index is -0.561. The zero-order valence-corrected chi connectivity index (χ0v) is 15.7. The van der Waals surface area contributed by atoms with E-state index in [0.29, 0.717) is 17.9 Å². The Balaban J connectivity index is 1.99. The summed E-state index contributed by atoms with van der Waals surface area (Å²) in [5.74, 6) is 0.951. The summed E-state index contributed by atoms with van der Waals surface area (Å²) in [7, 11) is 1.53. The fourth-order valence-corrected chi connectivity index (χ4v) is 3.44. The number of hydrogen-bond donors (Lipinski definition) is 2. The number of rotatable bonds is 7. The van der Waals surface area contributed by atoms with Crippen LogP contribution in [0.5, 0.6) is 11.5 Å². The highest BCUT2D eigenvalue weighted by Gasteiger charge is 2.32. The van der Waals surface area contributed by atoms with Crippen molar-refractivity contribution in [2.45, 2.75) is 39.2 Å². The molecule has 0 saturated carbocycles. The molecule has 0 saturated heterocycles. The first kappa shape index (κ1) is 18.8. The standard InChI is InChI=1S/C19H24N4O4/c1-4-7-23-19-18(11(2)22-23)13(9-17(25)21-19)12-5-6-14(15(8-12)26-3)27-10-16(20)24/h5-6,8,13H,4,7,9-10H2,1-3H3,(H2,20,24)(H,21,25). The fraction of sp³-hybridized carbons (Fsp3) is 0.421. The average molecular weight is 372 g/mol. The molecular formula is C19H24N4O4. The topological polar surface area (TPSA) is 108 Å². The smallest absolute Gasteiger partial charge is 0.255 e. The summed E-state index contributed by atoms with van der Waals surface area (Å²) in [4.78, 5) is 23.3. The second-order valence-electron chi connectivity index (χ2n) is 6.54. The Labute approximate surface area is 157 Å². The maximum Gasteiger partial charge on any atom is 0.255 e. The number of anilines is 1. The summed E-state index contributed by atoms with van der Waals surface area (Å²) < 4.78 is 12.6. The summed E-state index contributed by atoms with van der Waals surface area (Å²) in [5.41, 5.74) is 7.98. The van der Waals surface area contributed by atoms with E-state index in [1.165, 1.54) is 7.11 Å². The quantitative estimate of drug-likeness (QED) is 0.772. The van der Waals surface area contributed by atoms with Gasteiger partial charge in [-0.05, 0) is 31.0 Å². The van der Waals surface area contributed by atoms with E-state index in [2.05, 4.69) is 17.3 Å². The van der Waals surface area contributed by atoms with Gasteiger partial charge in [-0.2, -0.15) is 5.10 Å². The van der Waals surface area contributed by atoms with Crippen LogP contribution in [-0.2, 0) is 16.1 Å². The molecule has 27 heavy (non-hydrogen) atoms. The molecule has 0 aliphatic carbocycles. The van der Waals surface area contributed by atoms with E-state index in [1.54, 1.807) is 6.07 Å². The molecular weight excluding hydrogens is 348 g/mol. The number of nitrogens with one attached hydrogen (secondary N) is 1. The lowest BCUT2D eigenvalue weighted by Crippen LogP contribution is -2.25. The van der Waals surface area contributed by atoms with Gasteiger partial charge in [0.2, 0.25) is 5.91 Å². The highest BCUT2D eigenvalue weighted by molar-refractivity contribution is 5.94. The summed E-state index contributed by atoms with van der Waals surface area (Å²) in [6, 6.07) is 5.44. The molecule has 2 amide bonds. The van der Waals surface area contributed by atoms with Gasteiger partial charge in [0.25, 0.3) is 5.91 Å². The number of primary amides is 1. The molecule has 1 atom stereocenters. The van der Waals surface area contributed by atoms with Crippen molar-refractivity contribution < 1.29 is 19.1 Å². The van der Waals surface area contributed by atoms with Crippen molar-refractivity contribution in [3.05, 3.63) is 35.0 Å². The van der Waals surface area contributed by atoms with Crippen molar-refractivity contribution >= 4 is 17.6 Å². The number of nitrogens with two attached hydrogens (primary N) is 1. The van der Waals surface area contributed by atoms with Gasteiger partial charge < -0.3 is 20.5 Å². The summed E-state index contributed by atoms with van der Waals surface area (Å²) in [6.45, 7) is 4.54. The molecule has 0 fully saturated rings. The lowest BCUT2D eigenvalue weighted by atomic mass is 9.85. The Morgan fingerprint density at radius 3 is 2.85 bits per heavy atom. The van der Waals surface area contributed by atoms with Gasteiger partial charge in [-0.3, -0.25) is 9.59 Å². The van der Waals surface area contributed by atoms with Crippen LogP contribution >= 0.6 is 0 Å². The number of aromatic nitrogens is 2. The van der Waals surface area contributed by atoms with Crippen molar-refractivity contribution in [3.8, 4) is 11.5 Å². The highest BCUT2D eigenvalue weighted by Crippen LogP contribution is 2.41. The summed E-state index contributed by atoms with van der Waals surface area (Å²) in [5, 5.41) is 7.56. The van der Waals surface area contributed by atoms with Crippen LogP contribution in [0.1, 0.15) is 42.5 Å². The van der Waals surface area contributed by atoms with Gasteiger partial charge in [-0.15, -0.1) is 0 Å². The van der Waals surface area contributed by atoms with E-state index in [9.17, 15) is 9.59 Å². The van der Waals surface area contributed by atoms with Gasteiger partial charge >= 0.3 is 0 Å². The van der Waals surface area contributed by atoms with Crippen molar-refractivity contribution in [2.24, 2.45) is 5.73 Å². The largest absolute Gasteiger partial charge is 0.493 e. The number of hydrogen-bond acceptors (Lipinski definition) is 5. The molecule has 1 aromatic heterocycles. The first-order valence-electron chi connectivity index (χ1n) is 8.90. The van der Waals surface area contributed by atoms with Crippen LogP contribution in [0, 0.1) is 6.92 Å². The molecule has 144 valence electrons. The Morgan fingerprint density at radius 1 is 1.41 bits per heavy atom. The number of fused-ring (bicyclic) bond motifs is 1. The first-order chi connectivity index (χ1) is 12.9. The van der Waals surface area contributed by atoms with Gasteiger partial charge in [-0.1, -0.05) is 13.0 Å². The monoisotopic (exact) mass is 372 g/mol. The van der Waals surface area contributed by atoms with Crippen LogP contribution in [0.25, 0.3) is 0 Å². The Morgan fingerprint density at radius 2 is 2.19 bits per heavy atom. The molecule has 3 rings (SSSR count). The van der Waals surface area contributed by atoms with Crippen molar-refractivity contribution in [2.75, 3.05) is 19.0 Å². The number of methoxy groups -OCH3 is 1. The van der Waals surface area contributed by atoms with Crippen molar-refractivity contribution in [1.29, 1.82) is 0 Å². The number of benzene rings is 1. The van der Waals surface area contributed by atoms with Crippen LogP contribution < -0.4 is 20.5 Å². The van der Waals surface area contributed by atoms with Crippen LogP contribution in [0.2, 0.25) is 0 Å². The van der Waals surface area contributed by atoms with E-state index in [0.717, 1.165) is 35.6 Å². The third-order valence-electron chi connectivity index (χ3n) is 4.56. The predicted octanol–water partition coefficient (Wildman–Crippen LogP) is 1.95. The van der Waals surface area contributed by atoms with Gasteiger partial charge in [0.05, 0.1) is 12.8 Å². The molecule has 1 unspecified atom stereocenters. The summed E-state index contributed by atoms with van der Waals surface area (Å²) >= 11 is 0. The van der Waals surface area contributed by atoms with E-state index in [1.807, 2.05) is 23.7 Å². The molecule has 0 radical (unpaired) electrons. The lowest BCUT2D eigenvalue weighted by Gasteiger charge is -2.25. The Bertz CT molecular complexity index is 875. The third kappa shape index (κ3) is 3.74.